The van der Waals surface area contributed by atoms with E-state index in [1.165, 1.54) is 6.07 Å². The molecule has 5 aliphatic heterocycles. The number of nitrogens with two attached hydrogens (primary N) is 1. The molecule has 5 aliphatic rings. The number of imide groups is 1. The van der Waals surface area contributed by atoms with Crippen LogP contribution in [0.2, 0.25) is 0 Å². The van der Waals surface area contributed by atoms with Crippen LogP contribution in [0.4, 0.5) is 27.8 Å². The first-order chi connectivity index (χ1) is 28.0. The first-order valence-electron chi connectivity index (χ1n) is 19.8. The molecule has 7 amide bonds. The summed E-state index contributed by atoms with van der Waals surface area (Å²) in [7, 11) is 1.81. The van der Waals surface area contributed by atoms with Gasteiger partial charge in [0.15, 0.2) is 11.5 Å². The summed E-state index contributed by atoms with van der Waals surface area (Å²) in [4.78, 5) is 95.1. The highest BCUT2D eigenvalue weighted by molar-refractivity contribution is 6.25. The number of hydrogen-bond donors (Lipinski definition) is 5. The molecule has 8 rings (SSSR count). The highest BCUT2D eigenvalue weighted by Gasteiger charge is 2.45. The Labute approximate surface area is 334 Å². The molecule has 0 radical (unpaired) electrons. The number of carbonyl (C=O) groups is 6. The van der Waals surface area contributed by atoms with E-state index < -0.39 is 35.9 Å². The zero-order valence-corrected chi connectivity index (χ0v) is 32.2. The smallest absolute Gasteiger partial charge is 0.320 e. The van der Waals surface area contributed by atoms with Crippen LogP contribution in [0.5, 0.6) is 0 Å². The van der Waals surface area contributed by atoms with Crippen molar-refractivity contribution in [2.24, 2.45) is 5.73 Å². The zero-order valence-electron chi connectivity index (χ0n) is 32.2. The van der Waals surface area contributed by atoms with Crippen molar-refractivity contribution in [2.45, 2.75) is 62.8 Å². The average Bonchev–Trinajstić information content (AvgIpc) is 3.70. The van der Waals surface area contributed by atoms with Gasteiger partial charge in [0.05, 0.1) is 29.9 Å². The largest absolute Gasteiger partial charge is 0.375 e. The molecule has 0 spiro atoms. The number of urea groups is 1. The van der Waals surface area contributed by atoms with Crippen LogP contribution >= 0.6 is 0 Å². The fourth-order valence-electron chi connectivity index (χ4n) is 8.70. The van der Waals surface area contributed by atoms with Crippen LogP contribution in [-0.2, 0) is 9.59 Å². The van der Waals surface area contributed by atoms with Crippen LogP contribution in [-0.4, -0.2) is 141 Å². The number of likely N-dealkylation sites (tertiary alicyclic amines) is 1. The van der Waals surface area contributed by atoms with Gasteiger partial charge in [-0.1, -0.05) is 18.2 Å². The topological polar surface area (TPSA) is 227 Å². The molecule has 6 heterocycles. The van der Waals surface area contributed by atoms with Gasteiger partial charge in [0.1, 0.15) is 18.1 Å². The number of rotatable bonds is 10. The Hall–Kier alpha value is -6.30. The average molecular weight is 794 g/mol. The van der Waals surface area contributed by atoms with Crippen molar-refractivity contribution in [3.05, 3.63) is 71.0 Å². The predicted molar refractivity (Wildman–Crippen MR) is 211 cm³/mol. The summed E-state index contributed by atoms with van der Waals surface area (Å²) < 4.78 is 0. The van der Waals surface area contributed by atoms with Crippen LogP contribution in [0.1, 0.15) is 81.2 Å². The Kier molecular flexibility index (Phi) is 10.6. The Morgan fingerprint density at radius 2 is 1.71 bits per heavy atom. The van der Waals surface area contributed by atoms with E-state index in [0.717, 1.165) is 42.7 Å². The molecule has 1 aromatic heterocycles. The number of benzene rings is 2. The highest BCUT2D eigenvalue weighted by atomic mass is 16.3. The molecule has 0 bridgehead atoms. The van der Waals surface area contributed by atoms with Crippen molar-refractivity contribution in [1.29, 1.82) is 0 Å². The third-order valence-electron chi connectivity index (χ3n) is 11.9. The van der Waals surface area contributed by atoms with Gasteiger partial charge in [0.25, 0.3) is 17.7 Å². The summed E-state index contributed by atoms with van der Waals surface area (Å²) in [5.74, 6) is -1.55. The number of hydrogen-bond acceptors (Lipinski definition) is 12. The molecule has 3 atom stereocenters. The third-order valence-corrected chi connectivity index (χ3v) is 11.9. The molecule has 6 N–H and O–H groups in total. The molecule has 18 nitrogen and oxygen atoms in total. The minimum atomic E-state index is -1.02. The van der Waals surface area contributed by atoms with E-state index in [4.69, 9.17) is 10.7 Å². The number of anilines is 4. The quantitative estimate of drug-likeness (QED) is 0.185. The number of likely N-dealkylation sites (N-methyl/N-ethyl adjacent to an activating group) is 1. The van der Waals surface area contributed by atoms with Gasteiger partial charge in [-0.15, -0.1) is 0 Å². The molecule has 18 heteroatoms. The number of amides is 7. The Balaban J connectivity index is 0.857. The van der Waals surface area contributed by atoms with Crippen molar-refractivity contribution in [3.63, 3.8) is 0 Å². The zero-order chi connectivity index (χ0) is 40.7. The summed E-state index contributed by atoms with van der Waals surface area (Å²) >= 11 is 0. The SMILES string of the molecule is CN1CCN([C@@H]2CCCN(c3cnc(C(N)=O)c(Nc4ccc(C5CCN(C(=O)CNc6cccc7c6C(=O)N(C6CCC(O)NC6=O)C7=O)CC5)cc4)n3)C2)C1=O. The van der Waals surface area contributed by atoms with Crippen molar-refractivity contribution in [2.75, 3.05) is 68.4 Å². The van der Waals surface area contributed by atoms with Crippen LogP contribution in [0.15, 0.2) is 48.7 Å². The molecular formula is C40H47N11O7. The van der Waals surface area contributed by atoms with Gasteiger partial charge in [0, 0.05) is 57.7 Å². The lowest BCUT2D eigenvalue weighted by molar-refractivity contribution is -0.131. The number of piperidine rings is 3. The van der Waals surface area contributed by atoms with Gasteiger partial charge >= 0.3 is 6.03 Å². The fourth-order valence-corrected chi connectivity index (χ4v) is 8.70. The van der Waals surface area contributed by atoms with Crippen molar-refractivity contribution >= 4 is 58.6 Å². The third kappa shape index (κ3) is 7.46. The predicted octanol–water partition coefficient (Wildman–Crippen LogP) is 1.67. The Morgan fingerprint density at radius 1 is 0.931 bits per heavy atom. The molecule has 0 saturated carbocycles. The van der Waals surface area contributed by atoms with Gasteiger partial charge in [-0.3, -0.25) is 28.9 Å². The Morgan fingerprint density at radius 3 is 2.41 bits per heavy atom. The number of nitrogens with zero attached hydrogens (tertiary/aromatic N) is 7. The van der Waals surface area contributed by atoms with E-state index in [2.05, 4.69) is 25.8 Å². The van der Waals surface area contributed by atoms with Gasteiger partial charge in [-0.2, -0.15) is 0 Å². The van der Waals surface area contributed by atoms with Crippen molar-refractivity contribution < 1.29 is 33.9 Å². The maximum absolute atomic E-state index is 13.4. The number of fused-ring (bicyclic) bond motifs is 1. The molecular weight excluding hydrogens is 747 g/mol. The summed E-state index contributed by atoms with van der Waals surface area (Å²) in [5, 5.41) is 18.4. The molecule has 3 aromatic rings. The normalized spacial score (nSPS) is 22.7. The number of carbonyl (C=O) groups excluding carboxylic acids is 6. The minimum absolute atomic E-state index is 0.0259. The summed E-state index contributed by atoms with van der Waals surface area (Å²) in [6.45, 7) is 3.77. The van der Waals surface area contributed by atoms with Gasteiger partial charge in [-0.25, -0.2) is 14.8 Å². The van der Waals surface area contributed by atoms with Gasteiger partial charge in [0.2, 0.25) is 11.8 Å². The first kappa shape index (κ1) is 38.6. The van der Waals surface area contributed by atoms with Crippen LogP contribution in [0.3, 0.4) is 0 Å². The second-order valence-electron chi connectivity index (χ2n) is 15.5. The summed E-state index contributed by atoms with van der Waals surface area (Å²) in [5.41, 5.74) is 8.15. The van der Waals surface area contributed by atoms with Crippen LogP contribution in [0, 0.1) is 0 Å². The maximum Gasteiger partial charge on any atom is 0.320 e. The van der Waals surface area contributed by atoms with E-state index in [1.54, 1.807) is 28.1 Å². The van der Waals surface area contributed by atoms with E-state index >= 15 is 0 Å². The maximum atomic E-state index is 13.4. The highest BCUT2D eigenvalue weighted by Crippen LogP contribution is 2.34. The van der Waals surface area contributed by atoms with E-state index in [0.29, 0.717) is 49.9 Å². The summed E-state index contributed by atoms with van der Waals surface area (Å²) in [6.07, 6.45) is 4.20. The molecule has 304 valence electrons. The fraction of sp³-hybridized carbons (Fsp3) is 0.450. The Bertz CT molecular complexity index is 2140. The minimum Gasteiger partial charge on any atom is -0.375 e. The second kappa shape index (κ2) is 15.9. The van der Waals surface area contributed by atoms with Crippen LogP contribution < -0.4 is 26.6 Å². The van der Waals surface area contributed by atoms with Gasteiger partial charge < -0.3 is 46.4 Å². The van der Waals surface area contributed by atoms with E-state index in [-0.39, 0.29) is 65.9 Å². The first-order valence-corrected chi connectivity index (χ1v) is 19.8. The number of aliphatic hydroxyl groups is 1. The van der Waals surface area contributed by atoms with Crippen molar-refractivity contribution in [3.8, 4) is 0 Å². The number of primary amides is 1. The summed E-state index contributed by atoms with van der Waals surface area (Å²) in [6, 6.07) is 11.7. The number of nitrogens with one attached hydrogen (secondary N) is 3. The number of aromatic nitrogens is 2. The monoisotopic (exact) mass is 793 g/mol. The molecule has 58 heavy (non-hydrogen) atoms. The lowest BCUT2D eigenvalue weighted by Crippen LogP contribution is -2.55. The van der Waals surface area contributed by atoms with Crippen molar-refractivity contribution in [1.82, 2.24) is 34.9 Å². The van der Waals surface area contributed by atoms with Gasteiger partial charge in [-0.05, 0) is 74.3 Å². The standard InChI is InChI=1S/C40H47N11O7/c1-47-18-19-50(40(47)58)26-4-3-15-49(22-26)30-20-43-34(35(41)54)36(45-30)44-25-9-7-23(8-10-25)24-13-16-48(17-14-24)32(53)21-42-28-6-2-5-27-33(28)39(57)51(38(27)56)29-11-12-31(52)46-37(29)55/h2,5-10,20,24,26,29,31,42,52H,3-4,11-19,21-22H2,1H3,(H2,41,54)(H,44,45)(H,46,55)/t26-,29?,31?/m1/s1. The van der Waals surface area contributed by atoms with Crippen LogP contribution in [0.25, 0.3) is 0 Å². The van der Waals surface area contributed by atoms with E-state index in [9.17, 15) is 33.9 Å². The second-order valence-corrected chi connectivity index (χ2v) is 15.5. The number of aliphatic hydroxyl groups excluding tert-OH is 1. The molecule has 2 unspecified atom stereocenters. The molecule has 4 saturated heterocycles. The lowest BCUT2D eigenvalue weighted by Gasteiger charge is -2.37. The van der Waals surface area contributed by atoms with E-state index in [1.807, 2.05) is 36.2 Å². The molecule has 2 aromatic carbocycles. The lowest BCUT2D eigenvalue weighted by atomic mass is 9.89. The molecule has 0 aliphatic carbocycles. The molecule has 4 fully saturated rings.